The first-order chi connectivity index (χ1) is 9.13. The summed E-state index contributed by atoms with van der Waals surface area (Å²) in [5.74, 6) is -0.622. The molecule has 1 heterocycles. The molecule has 2 amide bonds. The molecule has 1 aliphatic heterocycles. The number of rotatable bonds is 7. The molecule has 0 unspecified atom stereocenters. The van der Waals surface area contributed by atoms with E-state index in [1.165, 1.54) is 7.11 Å². The van der Waals surface area contributed by atoms with Crippen molar-refractivity contribution in [1.29, 1.82) is 0 Å². The number of amides is 2. The summed E-state index contributed by atoms with van der Waals surface area (Å²) < 4.78 is 4.52. The highest BCUT2D eigenvalue weighted by Crippen LogP contribution is 2.01. The topological polar surface area (TPSA) is 96.9 Å². The van der Waals surface area contributed by atoms with Crippen LogP contribution in [0.1, 0.15) is 38.5 Å². The average Bonchev–Trinajstić information content (AvgIpc) is 2.42. The number of hydrogen-bond acceptors (Lipinski definition) is 5. The number of ether oxygens (including phenoxy) is 1. The van der Waals surface area contributed by atoms with E-state index in [0.29, 0.717) is 31.5 Å². The van der Waals surface area contributed by atoms with Crippen LogP contribution in [0.5, 0.6) is 0 Å². The molecule has 2 N–H and O–H groups in total. The van der Waals surface area contributed by atoms with Crippen LogP contribution in [0.3, 0.4) is 0 Å². The molecule has 0 aromatic rings. The van der Waals surface area contributed by atoms with Gasteiger partial charge in [-0.25, -0.2) is 5.43 Å². The Morgan fingerprint density at radius 2 is 2.11 bits per heavy atom. The van der Waals surface area contributed by atoms with E-state index < -0.39 is 0 Å². The van der Waals surface area contributed by atoms with Gasteiger partial charge in [0.05, 0.1) is 7.11 Å². The first-order valence-electron chi connectivity index (χ1n) is 6.34. The van der Waals surface area contributed by atoms with Crippen molar-refractivity contribution in [3.63, 3.8) is 0 Å². The van der Waals surface area contributed by atoms with E-state index in [9.17, 15) is 14.4 Å². The molecule has 19 heavy (non-hydrogen) atoms. The predicted octanol–water partition coefficient (Wildman–Crippen LogP) is 0.102. The smallest absolute Gasteiger partial charge is 0.305 e. The quantitative estimate of drug-likeness (QED) is 0.506. The van der Waals surface area contributed by atoms with Gasteiger partial charge >= 0.3 is 5.97 Å². The van der Waals surface area contributed by atoms with Gasteiger partial charge in [0.15, 0.2) is 0 Å². The van der Waals surface area contributed by atoms with E-state index in [0.717, 1.165) is 19.3 Å². The van der Waals surface area contributed by atoms with Crippen LogP contribution in [0.25, 0.3) is 0 Å². The van der Waals surface area contributed by atoms with Gasteiger partial charge in [-0.05, 0) is 12.8 Å². The van der Waals surface area contributed by atoms with Crippen molar-refractivity contribution >= 4 is 23.5 Å². The lowest BCUT2D eigenvalue weighted by Gasteiger charge is -2.11. The number of nitrogens with one attached hydrogen (secondary N) is 2. The fourth-order valence-corrected chi connectivity index (χ4v) is 1.61. The minimum atomic E-state index is -0.243. The molecule has 0 aromatic carbocycles. The van der Waals surface area contributed by atoms with E-state index >= 15 is 0 Å². The van der Waals surface area contributed by atoms with Crippen molar-refractivity contribution in [2.75, 3.05) is 13.7 Å². The molecule has 7 heteroatoms. The molecule has 0 fully saturated rings. The maximum absolute atomic E-state index is 11.6. The van der Waals surface area contributed by atoms with Crippen molar-refractivity contribution in [3.8, 4) is 0 Å². The maximum Gasteiger partial charge on any atom is 0.305 e. The van der Waals surface area contributed by atoms with Crippen LogP contribution in [-0.2, 0) is 19.1 Å². The molecule has 0 spiro atoms. The van der Waals surface area contributed by atoms with Crippen molar-refractivity contribution in [2.24, 2.45) is 5.10 Å². The molecule has 0 aliphatic carbocycles. The highest BCUT2D eigenvalue weighted by Gasteiger charge is 2.17. The molecule has 0 radical (unpaired) electrons. The lowest BCUT2D eigenvalue weighted by atomic mass is 10.1. The summed E-state index contributed by atoms with van der Waals surface area (Å²) in [7, 11) is 1.37. The minimum absolute atomic E-state index is 0.167. The molecule has 0 atom stereocenters. The highest BCUT2D eigenvalue weighted by molar-refractivity contribution is 6.39. The number of methoxy groups -OCH3 is 1. The maximum atomic E-state index is 11.6. The predicted molar refractivity (Wildman–Crippen MR) is 68.3 cm³/mol. The Kier molecular flexibility index (Phi) is 6.56. The molecule has 0 aromatic heterocycles. The van der Waals surface area contributed by atoms with E-state index in [2.05, 4.69) is 20.6 Å². The Morgan fingerprint density at radius 1 is 1.32 bits per heavy atom. The number of unbranched alkanes of at least 4 members (excludes halogenated alkanes) is 2. The molecular formula is C12H19N3O4. The van der Waals surface area contributed by atoms with Gasteiger partial charge in [0, 0.05) is 25.8 Å². The Hall–Kier alpha value is -1.92. The third-order valence-corrected chi connectivity index (χ3v) is 2.74. The Bertz CT molecular complexity index is 379. The van der Waals surface area contributed by atoms with Crippen molar-refractivity contribution in [2.45, 2.75) is 38.5 Å². The van der Waals surface area contributed by atoms with Crippen LogP contribution in [0.4, 0.5) is 0 Å². The highest BCUT2D eigenvalue weighted by atomic mass is 16.5. The zero-order valence-corrected chi connectivity index (χ0v) is 11.0. The monoisotopic (exact) mass is 269 g/mol. The molecule has 1 rings (SSSR count). The second-order valence-corrected chi connectivity index (χ2v) is 4.24. The average molecular weight is 269 g/mol. The number of hydrazone groups is 1. The normalized spacial score (nSPS) is 14.4. The number of hydrogen-bond donors (Lipinski definition) is 2. The molecule has 0 saturated carbocycles. The third-order valence-electron chi connectivity index (χ3n) is 2.74. The standard InChI is InChI=1S/C12H19N3O4/c1-19-11(17)5-3-2-4-8-13-12(18)9-6-7-10(16)15-14-9/h2-8H2,1H3,(H,13,18)(H,15,16). The SMILES string of the molecule is COC(=O)CCCCCNC(=O)C1=NNC(=O)CC1. The Balaban J connectivity index is 2.08. The van der Waals surface area contributed by atoms with E-state index in [1.54, 1.807) is 0 Å². The number of nitrogens with zero attached hydrogens (tertiary/aromatic N) is 1. The Labute approximate surface area is 111 Å². The van der Waals surface area contributed by atoms with E-state index in [1.807, 2.05) is 0 Å². The second-order valence-electron chi connectivity index (χ2n) is 4.24. The number of carbonyl (C=O) groups excluding carboxylic acids is 3. The summed E-state index contributed by atoms with van der Waals surface area (Å²) in [6, 6.07) is 0. The molecule has 1 aliphatic rings. The largest absolute Gasteiger partial charge is 0.469 e. The molecule has 0 saturated heterocycles. The van der Waals surface area contributed by atoms with Crippen molar-refractivity contribution in [1.82, 2.24) is 10.7 Å². The van der Waals surface area contributed by atoms with Crippen molar-refractivity contribution < 1.29 is 19.1 Å². The van der Waals surface area contributed by atoms with Gasteiger partial charge in [0.2, 0.25) is 5.91 Å². The fraction of sp³-hybridized carbons (Fsp3) is 0.667. The van der Waals surface area contributed by atoms with Crippen LogP contribution in [0.2, 0.25) is 0 Å². The molecule has 7 nitrogen and oxygen atoms in total. The van der Waals surface area contributed by atoms with Crippen LogP contribution >= 0.6 is 0 Å². The van der Waals surface area contributed by atoms with Gasteiger partial charge in [0.1, 0.15) is 5.71 Å². The van der Waals surface area contributed by atoms with Crippen LogP contribution in [0.15, 0.2) is 5.10 Å². The summed E-state index contributed by atoms with van der Waals surface area (Å²) in [6.07, 6.45) is 3.47. The summed E-state index contributed by atoms with van der Waals surface area (Å²) in [5.41, 5.74) is 2.64. The zero-order valence-electron chi connectivity index (χ0n) is 11.0. The first kappa shape index (κ1) is 15.1. The van der Waals surface area contributed by atoms with Crippen LogP contribution < -0.4 is 10.7 Å². The van der Waals surface area contributed by atoms with Gasteiger partial charge in [-0.2, -0.15) is 5.10 Å². The van der Waals surface area contributed by atoms with E-state index in [-0.39, 0.29) is 17.8 Å². The van der Waals surface area contributed by atoms with Crippen molar-refractivity contribution in [3.05, 3.63) is 0 Å². The summed E-state index contributed by atoms with van der Waals surface area (Å²) in [6.45, 7) is 0.535. The molecule has 106 valence electrons. The van der Waals surface area contributed by atoms with E-state index in [4.69, 9.17) is 0 Å². The summed E-state index contributed by atoms with van der Waals surface area (Å²) in [5, 5.41) is 6.44. The van der Waals surface area contributed by atoms with Gasteiger partial charge in [-0.15, -0.1) is 0 Å². The van der Waals surface area contributed by atoms with Gasteiger partial charge in [-0.1, -0.05) is 6.42 Å². The molecular weight excluding hydrogens is 250 g/mol. The zero-order chi connectivity index (χ0) is 14.1. The minimum Gasteiger partial charge on any atom is -0.469 e. The number of esters is 1. The molecule has 0 bridgehead atoms. The Morgan fingerprint density at radius 3 is 2.74 bits per heavy atom. The lowest BCUT2D eigenvalue weighted by molar-refractivity contribution is -0.140. The lowest BCUT2D eigenvalue weighted by Crippen LogP contribution is -2.37. The van der Waals surface area contributed by atoms with Gasteiger partial charge < -0.3 is 10.1 Å². The second kappa shape index (κ2) is 8.23. The number of carbonyl (C=O) groups is 3. The van der Waals surface area contributed by atoms with Crippen LogP contribution in [0, 0.1) is 0 Å². The fourth-order valence-electron chi connectivity index (χ4n) is 1.61. The van der Waals surface area contributed by atoms with Gasteiger partial charge in [0.25, 0.3) is 5.91 Å². The van der Waals surface area contributed by atoms with Crippen LogP contribution in [-0.4, -0.2) is 37.1 Å². The third kappa shape index (κ3) is 5.98. The summed E-state index contributed by atoms with van der Waals surface area (Å²) >= 11 is 0. The van der Waals surface area contributed by atoms with Gasteiger partial charge in [-0.3, -0.25) is 14.4 Å². The first-order valence-corrected chi connectivity index (χ1v) is 6.34. The summed E-state index contributed by atoms with van der Waals surface area (Å²) in [4.78, 5) is 33.3.